The average molecular weight is 291 g/mol. The summed E-state index contributed by atoms with van der Waals surface area (Å²) in [6.45, 7) is 6.71. The van der Waals surface area contributed by atoms with Gasteiger partial charge in [0.1, 0.15) is 0 Å². The average Bonchev–Trinajstić information content (AvgIpc) is 2.46. The Bertz CT molecular complexity index is 500. The molecule has 2 amide bonds. The molecule has 0 bridgehead atoms. The van der Waals surface area contributed by atoms with E-state index in [9.17, 15) is 9.59 Å². The summed E-state index contributed by atoms with van der Waals surface area (Å²) in [7, 11) is 0. The first-order chi connectivity index (χ1) is 10.0. The third-order valence-corrected chi connectivity index (χ3v) is 3.38. The number of aryl methyl sites for hydroxylation is 1. The predicted octanol–water partition coefficient (Wildman–Crippen LogP) is 2.06. The van der Waals surface area contributed by atoms with Crippen LogP contribution in [0, 0.1) is 12.8 Å². The smallest absolute Gasteiger partial charge is 0.251 e. The maximum Gasteiger partial charge on any atom is 0.251 e. The quantitative estimate of drug-likeness (QED) is 0.719. The lowest BCUT2D eigenvalue weighted by Crippen LogP contribution is -2.29. The van der Waals surface area contributed by atoms with E-state index >= 15 is 0 Å². The molecule has 5 nitrogen and oxygen atoms in total. The van der Waals surface area contributed by atoms with Crippen LogP contribution in [0.5, 0.6) is 0 Å². The third-order valence-electron chi connectivity index (χ3n) is 3.38. The van der Waals surface area contributed by atoms with Gasteiger partial charge in [-0.3, -0.25) is 9.59 Å². The summed E-state index contributed by atoms with van der Waals surface area (Å²) in [6.07, 6.45) is 1.70. The summed E-state index contributed by atoms with van der Waals surface area (Å²) in [5.41, 5.74) is 7.81. The Morgan fingerprint density at radius 2 is 2.00 bits per heavy atom. The fourth-order valence-electron chi connectivity index (χ4n) is 2.15. The van der Waals surface area contributed by atoms with Gasteiger partial charge in [0.05, 0.1) is 5.92 Å². The molecule has 0 spiro atoms. The lowest BCUT2D eigenvalue weighted by Gasteiger charge is -2.15. The normalized spacial score (nSPS) is 11.8. The van der Waals surface area contributed by atoms with Crippen molar-refractivity contribution in [1.29, 1.82) is 0 Å². The molecule has 1 aromatic rings. The highest BCUT2D eigenvalue weighted by atomic mass is 16.2. The number of benzene rings is 1. The van der Waals surface area contributed by atoms with Crippen LogP contribution in [0.25, 0.3) is 0 Å². The van der Waals surface area contributed by atoms with Crippen molar-refractivity contribution < 1.29 is 9.59 Å². The Labute approximate surface area is 126 Å². The van der Waals surface area contributed by atoms with Gasteiger partial charge >= 0.3 is 0 Å². The van der Waals surface area contributed by atoms with Crippen molar-refractivity contribution >= 4 is 17.5 Å². The molecular weight excluding hydrogens is 266 g/mol. The van der Waals surface area contributed by atoms with Crippen molar-refractivity contribution in [3.63, 3.8) is 0 Å². The van der Waals surface area contributed by atoms with Gasteiger partial charge in [-0.25, -0.2) is 0 Å². The van der Waals surface area contributed by atoms with Gasteiger partial charge < -0.3 is 16.4 Å². The maximum atomic E-state index is 12.1. The van der Waals surface area contributed by atoms with E-state index in [1.807, 2.05) is 20.8 Å². The van der Waals surface area contributed by atoms with Crippen LogP contribution in [0.1, 0.15) is 42.6 Å². The predicted molar refractivity (Wildman–Crippen MR) is 85.3 cm³/mol. The molecule has 116 valence electrons. The zero-order valence-electron chi connectivity index (χ0n) is 13.0. The molecule has 0 saturated carbocycles. The lowest BCUT2D eigenvalue weighted by molar-refractivity contribution is -0.119. The van der Waals surface area contributed by atoms with Gasteiger partial charge in [0.2, 0.25) is 5.91 Å². The molecule has 1 rings (SSSR count). The second kappa shape index (κ2) is 8.42. The third kappa shape index (κ3) is 4.86. The Hall–Kier alpha value is -1.88. The summed E-state index contributed by atoms with van der Waals surface area (Å²) < 4.78 is 0. The van der Waals surface area contributed by atoms with E-state index in [4.69, 9.17) is 5.73 Å². The Balaban J connectivity index is 2.81. The fraction of sp³-hybridized carbons (Fsp3) is 0.500. The molecule has 0 radical (unpaired) electrons. The second-order valence-electron chi connectivity index (χ2n) is 5.10. The van der Waals surface area contributed by atoms with Gasteiger partial charge in [-0.1, -0.05) is 13.3 Å². The van der Waals surface area contributed by atoms with Gasteiger partial charge in [0.25, 0.3) is 5.91 Å². The Morgan fingerprint density at radius 3 is 2.52 bits per heavy atom. The van der Waals surface area contributed by atoms with Gasteiger partial charge in [0.15, 0.2) is 0 Å². The number of hydrogen-bond donors (Lipinski definition) is 3. The summed E-state index contributed by atoms with van der Waals surface area (Å²) >= 11 is 0. The molecule has 5 heteroatoms. The number of anilines is 1. The van der Waals surface area contributed by atoms with E-state index in [0.29, 0.717) is 18.7 Å². The molecule has 21 heavy (non-hydrogen) atoms. The molecular formula is C16H25N3O2. The summed E-state index contributed by atoms with van der Waals surface area (Å²) in [5.74, 6) is -0.338. The molecule has 0 aromatic heterocycles. The topological polar surface area (TPSA) is 84.2 Å². The van der Waals surface area contributed by atoms with Crippen molar-refractivity contribution in [2.45, 2.75) is 33.6 Å². The number of hydrogen-bond acceptors (Lipinski definition) is 3. The Morgan fingerprint density at radius 1 is 1.29 bits per heavy atom. The Kier molecular flexibility index (Phi) is 6.88. The van der Waals surface area contributed by atoms with E-state index in [1.54, 1.807) is 18.2 Å². The molecule has 1 unspecified atom stereocenters. The minimum Gasteiger partial charge on any atom is -0.352 e. The summed E-state index contributed by atoms with van der Waals surface area (Å²) in [6, 6.07) is 5.25. The number of carbonyl (C=O) groups excluding carboxylic acids is 2. The minimum atomic E-state index is -0.169. The van der Waals surface area contributed by atoms with Gasteiger partial charge in [-0.05, 0) is 44.0 Å². The van der Waals surface area contributed by atoms with E-state index in [0.717, 1.165) is 24.1 Å². The highest BCUT2D eigenvalue weighted by molar-refractivity contribution is 5.97. The largest absolute Gasteiger partial charge is 0.352 e. The monoisotopic (exact) mass is 291 g/mol. The number of nitrogens with two attached hydrogens (primary N) is 1. The number of nitrogens with one attached hydrogen (secondary N) is 2. The highest BCUT2D eigenvalue weighted by Gasteiger charge is 2.17. The van der Waals surface area contributed by atoms with E-state index in [1.165, 1.54) is 0 Å². The number of rotatable bonds is 7. The summed E-state index contributed by atoms with van der Waals surface area (Å²) in [5, 5.41) is 5.64. The molecule has 1 aromatic carbocycles. The maximum absolute atomic E-state index is 12.1. The van der Waals surface area contributed by atoms with Crippen molar-refractivity contribution in [1.82, 2.24) is 5.32 Å². The van der Waals surface area contributed by atoms with Crippen molar-refractivity contribution in [3.8, 4) is 0 Å². The van der Waals surface area contributed by atoms with E-state index < -0.39 is 0 Å². The zero-order valence-corrected chi connectivity index (χ0v) is 13.0. The van der Waals surface area contributed by atoms with Crippen molar-refractivity contribution in [3.05, 3.63) is 29.3 Å². The van der Waals surface area contributed by atoms with Gasteiger partial charge in [0, 0.05) is 24.3 Å². The highest BCUT2D eigenvalue weighted by Crippen LogP contribution is 2.18. The number of carbonyl (C=O) groups is 2. The molecule has 1 atom stereocenters. The molecule has 0 heterocycles. The number of amides is 2. The van der Waals surface area contributed by atoms with Crippen LogP contribution >= 0.6 is 0 Å². The summed E-state index contributed by atoms with van der Waals surface area (Å²) in [4.78, 5) is 23.9. The van der Waals surface area contributed by atoms with Gasteiger partial charge in [-0.15, -0.1) is 0 Å². The first-order valence-corrected chi connectivity index (χ1v) is 7.43. The molecule has 0 aliphatic heterocycles. The SMILES string of the molecule is CCCC(CN)C(=O)Nc1ccc(C(=O)NCC)cc1C. The molecule has 0 aliphatic carbocycles. The fourth-order valence-corrected chi connectivity index (χ4v) is 2.15. The van der Waals surface area contributed by atoms with Crippen LogP contribution in [0.15, 0.2) is 18.2 Å². The minimum absolute atomic E-state index is 0.0618. The van der Waals surface area contributed by atoms with Crippen LogP contribution in [-0.4, -0.2) is 24.9 Å². The molecule has 0 aliphatic rings. The van der Waals surface area contributed by atoms with Crippen LogP contribution in [0.2, 0.25) is 0 Å². The van der Waals surface area contributed by atoms with Gasteiger partial charge in [-0.2, -0.15) is 0 Å². The molecule has 0 fully saturated rings. The second-order valence-corrected chi connectivity index (χ2v) is 5.10. The van der Waals surface area contributed by atoms with Crippen molar-refractivity contribution in [2.75, 3.05) is 18.4 Å². The lowest BCUT2D eigenvalue weighted by atomic mass is 10.0. The molecule has 4 N–H and O–H groups in total. The van der Waals surface area contributed by atoms with Crippen molar-refractivity contribution in [2.24, 2.45) is 11.7 Å². The zero-order chi connectivity index (χ0) is 15.8. The van der Waals surface area contributed by atoms with Crippen LogP contribution < -0.4 is 16.4 Å². The van der Waals surface area contributed by atoms with Crippen LogP contribution in [-0.2, 0) is 4.79 Å². The van der Waals surface area contributed by atoms with Crippen LogP contribution in [0.3, 0.4) is 0 Å². The first-order valence-electron chi connectivity index (χ1n) is 7.43. The molecule has 0 saturated heterocycles. The van der Waals surface area contributed by atoms with E-state index in [2.05, 4.69) is 10.6 Å². The van der Waals surface area contributed by atoms with Crippen LogP contribution in [0.4, 0.5) is 5.69 Å². The first kappa shape index (κ1) is 17.2. The van der Waals surface area contributed by atoms with E-state index in [-0.39, 0.29) is 17.7 Å². The standard InChI is InChI=1S/C16H25N3O2/c1-4-6-13(10-17)16(21)19-14-8-7-12(9-11(14)3)15(20)18-5-2/h7-9,13H,4-6,10,17H2,1-3H3,(H,18,20)(H,19,21).